The fourth-order valence-electron chi connectivity index (χ4n) is 4.90. The molecule has 4 aromatic carbocycles. The van der Waals surface area contributed by atoms with Crippen LogP contribution in [0.5, 0.6) is 23.0 Å². The molecule has 0 spiro atoms. The number of fused-ring (bicyclic) bond motifs is 2. The van der Waals surface area contributed by atoms with Gasteiger partial charge in [-0.3, -0.25) is 25.3 Å². The number of H-pyrrole nitrogens is 1. The summed E-state index contributed by atoms with van der Waals surface area (Å²) in [5.41, 5.74) is 1.02. The van der Waals surface area contributed by atoms with Crippen molar-refractivity contribution in [1.29, 1.82) is 0 Å². The van der Waals surface area contributed by atoms with Gasteiger partial charge in [-0.2, -0.15) is 10.2 Å². The number of non-ortho nitro benzene ring substituents is 2. The molecular formula is C31H22Br2F2N6O7. The van der Waals surface area contributed by atoms with E-state index in [0.29, 0.717) is 27.1 Å². The third-order valence-electron chi connectivity index (χ3n) is 7.26. The highest BCUT2D eigenvalue weighted by molar-refractivity contribution is 9.11. The summed E-state index contributed by atoms with van der Waals surface area (Å²) in [5, 5.41) is 34.0. The highest BCUT2D eigenvalue weighted by Crippen LogP contribution is 2.38. The predicted molar refractivity (Wildman–Crippen MR) is 176 cm³/mol. The number of nitro groups is 2. The molecule has 6 aromatic rings. The van der Waals surface area contributed by atoms with Crippen LogP contribution in [0.25, 0.3) is 21.8 Å². The van der Waals surface area contributed by atoms with Crippen LogP contribution in [-0.4, -0.2) is 36.4 Å². The molecule has 0 saturated carbocycles. The summed E-state index contributed by atoms with van der Waals surface area (Å²) < 4.78 is 47.9. The van der Waals surface area contributed by atoms with E-state index in [1.54, 1.807) is 30.6 Å². The van der Waals surface area contributed by atoms with Gasteiger partial charge in [0.25, 0.3) is 11.4 Å². The van der Waals surface area contributed by atoms with Gasteiger partial charge in [-0.1, -0.05) is 0 Å². The molecule has 1 N–H and O–H groups in total. The quantitative estimate of drug-likeness (QED) is 0.123. The lowest BCUT2D eigenvalue weighted by molar-refractivity contribution is -0.385. The molecule has 0 bridgehead atoms. The van der Waals surface area contributed by atoms with E-state index in [0.717, 1.165) is 53.2 Å². The van der Waals surface area contributed by atoms with E-state index in [9.17, 15) is 29.0 Å². The van der Waals surface area contributed by atoms with Crippen molar-refractivity contribution in [1.82, 2.24) is 20.0 Å². The predicted octanol–water partition coefficient (Wildman–Crippen LogP) is 9.50. The minimum atomic E-state index is -0.803. The first-order valence-corrected chi connectivity index (χ1v) is 15.8. The van der Waals surface area contributed by atoms with E-state index in [-0.39, 0.29) is 29.1 Å². The second-order valence-corrected chi connectivity index (χ2v) is 12.1. The van der Waals surface area contributed by atoms with Crippen molar-refractivity contribution in [3.63, 3.8) is 0 Å². The van der Waals surface area contributed by atoms with Gasteiger partial charge in [0.2, 0.25) is 0 Å². The van der Waals surface area contributed by atoms with Gasteiger partial charge in [0.1, 0.15) is 11.5 Å². The molecule has 1 atom stereocenters. The normalized spacial score (nSPS) is 14.4. The van der Waals surface area contributed by atoms with Gasteiger partial charge < -0.3 is 14.2 Å². The van der Waals surface area contributed by atoms with E-state index >= 15 is 0 Å². The smallest absolute Gasteiger partial charge is 0.272 e. The highest BCUT2D eigenvalue weighted by atomic mass is 79.9. The Morgan fingerprint density at radius 3 is 1.98 bits per heavy atom. The van der Waals surface area contributed by atoms with E-state index in [1.807, 2.05) is 10.7 Å². The molecular weight excluding hydrogens is 766 g/mol. The first-order valence-electron chi connectivity index (χ1n) is 14.2. The van der Waals surface area contributed by atoms with Crippen LogP contribution in [0.2, 0.25) is 0 Å². The number of halogens is 4. The fourth-order valence-corrected chi connectivity index (χ4v) is 5.74. The van der Waals surface area contributed by atoms with Crippen molar-refractivity contribution in [2.45, 2.75) is 25.5 Å². The van der Waals surface area contributed by atoms with Crippen LogP contribution in [0.15, 0.2) is 82.0 Å². The molecule has 13 nitrogen and oxygen atoms in total. The van der Waals surface area contributed by atoms with Crippen LogP contribution in [0.4, 0.5) is 20.2 Å². The van der Waals surface area contributed by atoms with Crippen LogP contribution in [0.1, 0.15) is 25.5 Å². The number of rotatable bonds is 7. The number of aromatic amines is 1. The number of nitrogens with zero attached hydrogens (tertiary/aromatic N) is 5. The molecule has 17 heteroatoms. The number of hydrogen-bond acceptors (Lipinski definition) is 9. The number of nitrogens with one attached hydrogen (secondary N) is 1. The number of hydrogen-bond donors (Lipinski definition) is 1. The Labute approximate surface area is 286 Å². The van der Waals surface area contributed by atoms with E-state index < -0.39 is 21.5 Å². The molecule has 1 saturated heterocycles. The largest absolute Gasteiger partial charge is 0.453 e. The number of benzene rings is 4. The Kier molecular flexibility index (Phi) is 9.61. The summed E-state index contributed by atoms with van der Waals surface area (Å²) in [6.45, 7) is 0.716. The second kappa shape index (κ2) is 14.0. The molecule has 1 aliphatic rings. The molecule has 48 heavy (non-hydrogen) atoms. The first kappa shape index (κ1) is 32.9. The maximum Gasteiger partial charge on any atom is 0.272 e. The number of ether oxygens (including phenoxy) is 3. The van der Waals surface area contributed by atoms with Crippen LogP contribution in [-0.2, 0) is 4.74 Å². The van der Waals surface area contributed by atoms with Crippen molar-refractivity contribution in [3.8, 4) is 23.0 Å². The molecule has 7 rings (SSSR count). The molecule has 1 unspecified atom stereocenters. The summed E-state index contributed by atoms with van der Waals surface area (Å²) >= 11 is 6.76. The number of nitro benzene ring substituents is 2. The zero-order valence-corrected chi connectivity index (χ0v) is 27.6. The van der Waals surface area contributed by atoms with Gasteiger partial charge in [0, 0.05) is 29.5 Å². The Morgan fingerprint density at radius 1 is 0.812 bits per heavy atom. The third kappa shape index (κ3) is 7.12. The Morgan fingerprint density at radius 2 is 1.42 bits per heavy atom. The van der Waals surface area contributed by atoms with Gasteiger partial charge in [0.15, 0.2) is 29.4 Å². The van der Waals surface area contributed by atoms with Crippen molar-refractivity contribution in [2.24, 2.45) is 0 Å². The first-order chi connectivity index (χ1) is 23.1. The minimum absolute atomic E-state index is 0.0934. The summed E-state index contributed by atoms with van der Waals surface area (Å²) in [5.74, 6) is -1.02. The van der Waals surface area contributed by atoms with Crippen molar-refractivity contribution in [3.05, 3.63) is 114 Å². The summed E-state index contributed by atoms with van der Waals surface area (Å²) in [6.07, 6.45) is 6.27. The summed E-state index contributed by atoms with van der Waals surface area (Å²) in [6, 6.07) is 13.5. The minimum Gasteiger partial charge on any atom is -0.453 e. The molecule has 1 fully saturated rings. The monoisotopic (exact) mass is 786 g/mol. The zero-order chi connectivity index (χ0) is 33.9. The van der Waals surface area contributed by atoms with Crippen LogP contribution in [0, 0.1) is 31.9 Å². The Balaban J connectivity index is 0.000000173. The van der Waals surface area contributed by atoms with Gasteiger partial charge in [-0.05, 0) is 87.5 Å². The van der Waals surface area contributed by atoms with Gasteiger partial charge in [-0.25, -0.2) is 13.5 Å². The average Bonchev–Trinajstić information content (AvgIpc) is 3.70. The number of aromatic nitrogens is 4. The lowest BCUT2D eigenvalue weighted by Crippen LogP contribution is -2.18. The van der Waals surface area contributed by atoms with Crippen molar-refractivity contribution >= 4 is 65.0 Å². The molecule has 1 aliphatic heterocycles. The van der Waals surface area contributed by atoms with Gasteiger partial charge >= 0.3 is 0 Å². The molecule has 3 heterocycles. The third-order valence-corrected chi connectivity index (χ3v) is 8.50. The van der Waals surface area contributed by atoms with E-state index in [1.165, 1.54) is 24.3 Å². The maximum atomic E-state index is 14.1. The van der Waals surface area contributed by atoms with E-state index in [4.69, 9.17) is 14.2 Å². The van der Waals surface area contributed by atoms with Crippen LogP contribution in [0.3, 0.4) is 0 Å². The Bertz CT molecular complexity index is 2170. The molecule has 0 radical (unpaired) electrons. The lowest BCUT2D eigenvalue weighted by Gasteiger charge is -2.23. The molecule has 2 aromatic heterocycles. The maximum absolute atomic E-state index is 14.1. The van der Waals surface area contributed by atoms with Gasteiger partial charge in [-0.15, -0.1) is 0 Å². The van der Waals surface area contributed by atoms with Crippen LogP contribution >= 0.6 is 31.9 Å². The summed E-state index contributed by atoms with van der Waals surface area (Å²) in [7, 11) is 0. The topological polar surface area (TPSA) is 160 Å². The zero-order valence-electron chi connectivity index (χ0n) is 24.4. The lowest BCUT2D eigenvalue weighted by atomic mass is 10.2. The molecule has 0 aliphatic carbocycles. The van der Waals surface area contributed by atoms with Crippen LogP contribution < -0.4 is 9.47 Å². The standard InChI is InChI=1S/C18H15BrFN3O4.C13H7BrFN3O3/c19-13-9-15-11(10-21-22(15)18-3-1-2-6-26-18)7-17(13)27-16-5-4-12(23(24)25)8-14(16)20;14-9-5-11-7(6-16-17-11)3-13(9)21-12-2-1-8(18(19)20)4-10(12)15/h4-5,7-10,18H,1-3,6H2;1-6H,(H,16,17). The fraction of sp³-hybridized carbons (Fsp3) is 0.161. The average molecular weight is 788 g/mol. The summed E-state index contributed by atoms with van der Waals surface area (Å²) in [4.78, 5) is 20.0. The van der Waals surface area contributed by atoms with Crippen molar-refractivity contribution < 1.29 is 32.8 Å². The van der Waals surface area contributed by atoms with Crippen molar-refractivity contribution in [2.75, 3.05) is 6.61 Å². The Hall–Kier alpha value is -5.00. The second-order valence-electron chi connectivity index (χ2n) is 10.4. The highest BCUT2D eigenvalue weighted by Gasteiger charge is 2.21. The molecule has 246 valence electrons. The SMILES string of the molecule is O=[N+]([O-])c1ccc(Oc2cc3cn[nH]c3cc2Br)c(F)c1.O=[N+]([O-])c1ccc(Oc2cc3cnn(C4CCCCO4)c3cc2Br)c(F)c1. The van der Waals surface area contributed by atoms with Gasteiger partial charge in [0.05, 0.1) is 54.4 Å². The molecule has 0 amide bonds. The van der Waals surface area contributed by atoms with E-state index in [2.05, 4.69) is 47.2 Å².